The molecule has 0 aliphatic rings. The van der Waals surface area contributed by atoms with Gasteiger partial charge >= 0.3 is 0 Å². The standard InChI is InChI=1S/C13H20O2/c1-8-7-11(14)9(2)10(3)12(8)15-13(4,5)6/h7,14H,1-6H3. The summed E-state index contributed by atoms with van der Waals surface area (Å²) in [6.45, 7) is 11.9. The van der Waals surface area contributed by atoms with E-state index in [1.165, 1.54) is 0 Å². The van der Waals surface area contributed by atoms with Gasteiger partial charge in [-0.25, -0.2) is 0 Å². The average molecular weight is 208 g/mol. The second-order valence-electron chi connectivity index (χ2n) is 5.01. The number of hydrogen-bond donors (Lipinski definition) is 1. The molecule has 0 radical (unpaired) electrons. The van der Waals surface area contributed by atoms with Crippen molar-refractivity contribution in [1.29, 1.82) is 0 Å². The van der Waals surface area contributed by atoms with Crippen LogP contribution < -0.4 is 4.74 Å². The Hall–Kier alpha value is -1.18. The molecule has 0 aliphatic heterocycles. The Morgan fingerprint density at radius 3 is 2.07 bits per heavy atom. The fourth-order valence-corrected chi connectivity index (χ4v) is 1.50. The molecule has 0 saturated carbocycles. The van der Waals surface area contributed by atoms with Gasteiger partial charge in [0.25, 0.3) is 0 Å². The Kier molecular flexibility index (Phi) is 2.98. The lowest BCUT2D eigenvalue weighted by molar-refractivity contribution is 0.128. The van der Waals surface area contributed by atoms with Crippen molar-refractivity contribution < 1.29 is 9.84 Å². The van der Waals surface area contributed by atoms with Gasteiger partial charge in [0.15, 0.2) is 0 Å². The van der Waals surface area contributed by atoms with E-state index < -0.39 is 0 Å². The Morgan fingerprint density at radius 2 is 1.60 bits per heavy atom. The lowest BCUT2D eigenvalue weighted by Crippen LogP contribution is -2.24. The van der Waals surface area contributed by atoms with E-state index in [1.54, 1.807) is 6.07 Å². The molecule has 1 rings (SSSR count). The first-order valence-electron chi connectivity index (χ1n) is 5.21. The number of phenols is 1. The largest absolute Gasteiger partial charge is 0.508 e. The van der Waals surface area contributed by atoms with Crippen molar-refractivity contribution in [2.45, 2.75) is 47.1 Å². The first kappa shape index (κ1) is 11.9. The molecule has 1 N–H and O–H groups in total. The van der Waals surface area contributed by atoms with Gasteiger partial charge in [-0.15, -0.1) is 0 Å². The zero-order valence-electron chi connectivity index (χ0n) is 10.4. The molecule has 0 heterocycles. The van der Waals surface area contributed by atoms with Gasteiger partial charge in [0.1, 0.15) is 17.1 Å². The molecule has 0 atom stereocenters. The van der Waals surface area contributed by atoms with Crippen molar-refractivity contribution in [1.82, 2.24) is 0 Å². The fourth-order valence-electron chi connectivity index (χ4n) is 1.50. The molecule has 0 amide bonds. The molecular weight excluding hydrogens is 188 g/mol. The highest BCUT2D eigenvalue weighted by Gasteiger charge is 2.17. The quantitative estimate of drug-likeness (QED) is 0.765. The minimum atomic E-state index is -0.209. The summed E-state index contributed by atoms with van der Waals surface area (Å²) in [5, 5.41) is 9.65. The lowest BCUT2D eigenvalue weighted by atomic mass is 10.0. The third-order valence-electron chi connectivity index (χ3n) is 2.41. The van der Waals surface area contributed by atoms with Gasteiger partial charge in [-0.05, 0) is 64.3 Å². The first-order chi connectivity index (χ1) is 6.72. The molecule has 2 heteroatoms. The van der Waals surface area contributed by atoms with Crippen LogP contribution >= 0.6 is 0 Å². The van der Waals surface area contributed by atoms with Crippen LogP contribution in [-0.2, 0) is 0 Å². The Bertz CT molecular complexity index is 373. The van der Waals surface area contributed by atoms with Gasteiger partial charge in [-0.2, -0.15) is 0 Å². The van der Waals surface area contributed by atoms with E-state index in [2.05, 4.69) is 0 Å². The second kappa shape index (κ2) is 3.76. The predicted octanol–water partition coefficient (Wildman–Crippen LogP) is 3.49. The van der Waals surface area contributed by atoms with Gasteiger partial charge < -0.3 is 9.84 Å². The van der Waals surface area contributed by atoms with E-state index in [4.69, 9.17) is 4.74 Å². The monoisotopic (exact) mass is 208 g/mol. The van der Waals surface area contributed by atoms with Gasteiger partial charge in [-0.1, -0.05) is 0 Å². The summed E-state index contributed by atoms with van der Waals surface area (Å²) in [7, 11) is 0. The van der Waals surface area contributed by atoms with Gasteiger partial charge in [0.2, 0.25) is 0 Å². The van der Waals surface area contributed by atoms with Crippen molar-refractivity contribution in [2.75, 3.05) is 0 Å². The van der Waals surface area contributed by atoms with Crippen LogP contribution in [0.1, 0.15) is 37.5 Å². The topological polar surface area (TPSA) is 29.5 Å². The van der Waals surface area contributed by atoms with Crippen molar-refractivity contribution >= 4 is 0 Å². The Morgan fingerprint density at radius 1 is 1.07 bits per heavy atom. The van der Waals surface area contributed by atoms with E-state index in [9.17, 15) is 5.11 Å². The smallest absolute Gasteiger partial charge is 0.126 e. The summed E-state index contributed by atoms with van der Waals surface area (Å²) in [5.74, 6) is 1.23. The van der Waals surface area contributed by atoms with Crippen LogP contribution in [0.4, 0.5) is 0 Å². The fraction of sp³-hybridized carbons (Fsp3) is 0.538. The molecular formula is C13H20O2. The van der Waals surface area contributed by atoms with Crippen LogP contribution in [-0.4, -0.2) is 10.7 Å². The van der Waals surface area contributed by atoms with E-state index in [-0.39, 0.29) is 5.60 Å². The third kappa shape index (κ3) is 2.65. The van der Waals surface area contributed by atoms with E-state index in [1.807, 2.05) is 41.5 Å². The second-order valence-corrected chi connectivity index (χ2v) is 5.01. The molecule has 0 aromatic heterocycles. The summed E-state index contributed by atoms with van der Waals surface area (Å²) < 4.78 is 5.89. The van der Waals surface area contributed by atoms with Crippen LogP contribution in [0.15, 0.2) is 6.07 Å². The van der Waals surface area contributed by atoms with Crippen LogP contribution in [0.5, 0.6) is 11.5 Å². The van der Waals surface area contributed by atoms with Crippen LogP contribution in [0, 0.1) is 20.8 Å². The lowest BCUT2D eigenvalue weighted by Gasteiger charge is -2.25. The number of hydrogen-bond acceptors (Lipinski definition) is 2. The molecule has 0 fully saturated rings. The van der Waals surface area contributed by atoms with Crippen LogP contribution in [0.2, 0.25) is 0 Å². The normalized spacial score (nSPS) is 11.6. The summed E-state index contributed by atoms with van der Waals surface area (Å²) >= 11 is 0. The minimum absolute atomic E-state index is 0.209. The van der Waals surface area contributed by atoms with Gasteiger partial charge in [0, 0.05) is 0 Å². The zero-order valence-corrected chi connectivity index (χ0v) is 10.4. The van der Waals surface area contributed by atoms with Gasteiger partial charge in [-0.3, -0.25) is 0 Å². The SMILES string of the molecule is Cc1cc(O)c(C)c(C)c1OC(C)(C)C. The number of rotatable bonds is 1. The van der Waals surface area contributed by atoms with Crippen molar-refractivity contribution in [2.24, 2.45) is 0 Å². The third-order valence-corrected chi connectivity index (χ3v) is 2.41. The molecule has 0 aliphatic carbocycles. The maximum atomic E-state index is 9.65. The van der Waals surface area contributed by atoms with Crippen molar-refractivity contribution in [3.8, 4) is 11.5 Å². The van der Waals surface area contributed by atoms with E-state index in [0.717, 1.165) is 22.4 Å². The molecule has 15 heavy (non-hydrogen) atoms. The number of ether oxygens (including phenoxy) is 1. The van der Waals surface area contributed by atoms with E-state index in [0.29, 0.717) is 5.75 Å². The number of aromatic hydroxyl groups is 1. The Labute approximate surface area is 91.9 Å². The average Bonchev–Trinajstić information content (AvgIpc) is 2.07. The minimum Gasteiger partial charge on any atom is -0.508 e. The molecule has 84 valence electrons. The highest BCUT2D eigenvalue weighted by atomic mass is 16.5. The van der Waals surface area contributed by atoms with Crippen LogP contribution in [0.25, 0.3) is 0 Å². The summed E-state index contributed by atoms with van der Waals surface area (Å²) in [6, 6.07) is 1.75. The van der Waals surface area contributed by atoms with Crippen molar-refractivity contribution in [3.63, 3.8) is 0 Å². The molecule has 0 bridgehead atoms. The zero-order chi connectivity index (χ0) is 11.8. The van der Waals surface area contributed by atoms with Gasteiger partial charge in [0.05, 0.1) is 0 Å². The molecule has 0 unspecified atom stereocenters. The summed E-state index contributed by atoms with van der Waals surface area (Å²) in [6.07, 6.45) is 0. The summed E-state index contributed by atoms with van der Waals surface area (Å²) in [5.41, 5.74) is 2.67. The number of aryl methyl sites for hydroxylation is 1. The number of phenolic OH excluding ortho intramolecular Hbond substituents is 1. The van der Waals surface area contributed by atoms with Crippen LogP contribution in [0.3, 0.4) is 0 Å². The molecule has 1 aromatic rings. The summed E-state index contributed by atoms with van der Waals surface area (Å²) in [4.78, 5) is 0. The first-order valence-corrected chi connectivity index (χ1v) is 5.21. The maximum absolute atomic E-state index is 9.65. The molecule has 0 saturated heterocycles. The molecule has 1 aromatic carbocycles. The maximum Gasteiger partial charge on any atom is 0.126 e. The predicted molar refractivity (Wildman–Crippen MR) is 62.7 cm³/mol. The molecule has 2 nitrogen and oxygen atoms in total. The molecule has 0 spiro atoms. The van der Waals surface area contributed by atoms with Crippen molar-refractivity contribution in [3.05, 3.63) is 22.8 Å². The Balaban J connectivity index is 3.24. The highest BCUT2D eigenvalue weighted by Crippen LogP contribution is 2.34. The highest BCUT2D eigenvalue weighted by molar-refractivity contribution is 5.51. The number of benzene rings is 1. The van der Waals surface area contributed by atoms with E-state index >= 15 is 0 Å².